The van der Waals surface area contributed by atoms with Gasteiger partial charge in [0, 0.05) is 12.4 Å². The largest absolute Gasteiger partial charge is 0.264 e. The van der Waals surface area contributed by atoms with Crippen molar-refractivity contribution in [1.29, 1.82) is 0 Å². The molecule has 0 fully saturated rings. The van der Waals surface area contributed by atoms with Crippen LogP contribution >= 0.6 is 0 Å². The molecular formula is C9H6BN. The highest BCUT2D eigenvalue weighted by Crippen LogP contribution is 2.08. The Bertz CT molecular complexity index is 384. The first-order valence-electron chi connectivity index (χ1n) is 3.45. The topological polar surface area (TPSA) is 12.9 Å². The van der Waals surface area contributed by atoms with E-state index in [0.29, 0.717) is 0 Å². The molecule has 0 aliphatic carbocycles. The van der Waals surface area contributed by atoms with Crippen molar-refractivity contribution in [2.45, 2.75) is 0 Å². The molecule has 11 heavy (non-hydrogen) atoms. The van der Waals surface area contributed by atoms with Gasteiger partial charge in [0.1, 0.15) is 7.85 Å². The van der Waals surface area contributed by atoms with Crippen molar-refractivity contribution < 1.29 is 0 Å². The summed E-state index contributed by atoms with van der Waals surface area (Å²) in [7, 11) is 5.60. The summed E-state index contributed by atoms with van der Waals surface area (Å²) in [6, 6.07) is 7.74. The lowest BCUT2D eigenvalue weighted by Gasteiger charge is -1.96. The van der Waals surface area contributed by atoms with Crippen LogP contribution in [0.1, 0.15) is 0 Å². The maximum absolute atomic E-state index is 5.60. The first kappa shape index (κ1) is 6.41. The Morgan fingerprint density at radius 2 is 2.00 bits per heavy atom. The zero-order valence-corrected chi connectivity index (χ0v) is 5.99. The maximum atomic E-state index is 5.60. The lowest BCUT2D eigenvalue weighted by molar-refractivity contribution is 1.37. The molecule has 0 amide bonds. The highest BCUT2D eigenvalue weighted by Gasteiger charge is 1.90. The van der Waals surface area contributed by atoms with Gasteiger partial charge in [-0.2, -0.15) is 0 Å². The van der Waals surface area contributed by atoms with Crippen LogP contribution < -0.4 is 5.46 Å². The Balaban J connectivity index is 2.83. The van der Waals surface area contributed by atoms with Crippen molar-refractivity contribution in [2.24, 2.45) is 0 Å². The van der Waals surface area contributed by atoms with E-state index in [1.165, 1.54) is 0 Å². The molecule has 1 aromatic carbocycles. The molecule has 50 valence electrons. The molecule has 0 atom stereocenters. The highest BCUT2D eigenvalue weighted by atomic mass is 14.6. The summed E-state index contributed by atoms with van der Waals surface area (Å²) in [4.78, 5) is 4.00. The van der Waals surface area contributed by atoms with Gasteiger partial charge in [0.15, 0.2) is 0 Å². The van der Waals surface area contributed by atoms with E-state index in [9.17, 15) is 0 Å². The molecular weight excluding hydrogens is 133 g/mol. The van der Waals surface area contributed by atoms with Crippen LogP contribution in [0.2, 0.25) is 0 Å². The summed E-state index contributed by atoms with van der Waals surface area (Å²) in [5, 5.41) is 2.27. The zero-order valence-electron chi connectivity index (χ0n) is 5.99. The average molecular weight is 139 g/mol. The molecule has 0 N–H and O–H groups in total. The third-order valence-corrected chi connectivity index (χ3v) is 1.66. The van der Waals surface area contributed by atoms with Gasteiger partial charge in [-0.3, -0.25) is 4.98 Å². The third-order valence-electron chi connectivity index (χ3n) is 1.66. The van der Waals surface area contributed by atoms with Crippen molar-refractivity contribution in [3.8, 4) is 0 Å². The van der Waals surface area contributed by atoms with Gasteiger partial charge in [0.25, 0.3) is 0 Å². The minimum atomic E-state index is 0.795. The Morgan fingerprint density at radius 3 is 2.91 bits per heavy atom. The minimum Gasteiger partial charge on any atom is -0.264 e. The van der Waals surface area contributed by atoms with Crippen molar-refractivity contribution >= 4 is 24.1 Å². The molecule has 0 bridgehead atoms. The molecule has 1 heterocycles. The molecule has 0 aliphatic rings. The first-order valence-corrected chi connectivity index (χ1v) is 3.45. The van der Waals surface area contributed by atoms with Crippen LogP contribution in [0.25, 0.3) is 10.8 Å². The lowest BCUT2D eigenvalue weighted by atomic mass is 9.94. The fourth-order valence-corrected chi connectivity index (χ4v) is 1.10. The fourth-order valence-electron chi connectivity index (χ4n) is 1.10. The van der Waals surface area contributed by atoms with E-state index in [0.717, 1.165) is 16.2 Å². The SMILES string of the molecule is [B]c1ccc2cnccc2c1. The number of pyridine rings is 1. The first-order chi connectivity index (χ1) is 5.36. The molecule has 0 saturated heterocycles. The van der Waals surface area contributed by atoms with Gasteiger partial charge >= 0.3 is 0 Å². The zero-order chi connectivity index (χ0) is 7.68. The van der Waals surface area contributed by atoms with Gasteiger partial charge in [0.2, 0.25) is 0 Å². The van der Waals surface area contributed by atoms with Crippen LogP contribution in [0, 0.1) is 0 Å². The smallest absolute Gasteiger partial charge is 0.113 e. The van der Waals surface area contributed by atoms with Gasteiger partial charge in [-0.15, -0.1) is 0 Å². The van der Waals surface area contributed by atoms with Crippen molar-refractivity contribution in [1.82, 2.24) is 4.98 Å². The number of aromatic nitrogens is 1. The predicted molar refractivity (Wildman–Crippen MR) is 47.1 cm³/mol. The standard InChI is InChI=1S/C9H6BN/c10-9-2-1-8-6-11-4-3-7(8)5-9/h1-6H. The lowest BCUT2D eigenvalue weighted by Crippen LogP contribution is -1.99. The van der Waals surface area contributed by atoms with Gasteiger partial charge in [-0.25, -0.2) is 0 Å². The molecule has 0 saturated carbocycles. The van der Waals surface area contributed by atoms with Crippen LogP contribution in [0.3, 0.4) is 0 Å². The van der Waals surface area contributed by atoms with E-state index < -0.39 is 0 Å². The normalized spacial score (nSPS) is 10.2. The van der Waals surface area contributed by atoms with Crippen LogP contribution in [0.4, 0.5) is 0 Å². The molecule has 2 aromatic rings. The average Bonchev–Trinajstić information content (AvgIpc) is 2.04. The Labute approximate surface area is 66.5 Å². The number of fused-ring (bicyclic) bond motifs is 1. The van der Waals surface area contributed by atoms with Gasteiger partial charge in [0.05, 0.1) is 0 Å². The van der Waals surface area contributed by atoms with E-state index in [4.69, 9.17) is 7.85 Å². The molecule has 1 aromatic heterocycles. The third kappa shape index (κ3) is 1.12. The molecule has 2 radical (unpaired) electrons. The summed E-state index contributed by atoms with van der Waals surface area (Å²) in [6.07, 6.45) is 3.59. The monoisotopic (exact) mass is 139 g/mol. The summed E-state index contributed by atoms with van der Waals surface area (Å²) in [5.41, 5.74) is 0.795. The van der Waals surface area contributed by atoms with Gasteiger partial charge < -0.3 is 0 Å². The van der Waals surface area contributed by atoms with Gasteiger partial charge in [-0.05, 0) is 16.8 Å². The molecule has 2 heteroatoms. The second-order valence-corrected chi connectivity index (χ2v) is 2.48. The fraction of sp³-hybridized carbons (Fsp3) is 0. The van der Waals surface area contributed by atoms with Crippen molar-refractivity contribution in [3.05, 3.63) is 36.7 Å². The van der Waals surface area contributed by atoms with E-state index >= 15 is 0 Å². The van der Waals surface area contributed by atoms with Crippen LogP contribution in [0.5, 0.6) is 0 Å². The molecule has 0 spiro atoms. The van der Waals surface area contributed by atoms with E-state index in [1.54, 1.807) is 6.20 Å². The number of benzene rings is 1. The Hall–Kier alpha value is -1.31. The second kappa shape index (κ2) is 2.38. The van der Waals surface area contributed by atoms with E-state index in [2.05, 4.69) is 4.98 Å². The summed E-state index contributed by atoms with van der Waals surface area (Å²) >= 11 is 0. The van der Waals surface area contributed by atoms with Crippen LogP contribution in [-0.4, -0.2) is 12.8 Å². The second-order valence-electron chi connectivity index (χ2n) is 2.48. The number of hydrogen-bond donors (Lipinski definition) is 0. The molecule has 0 unspecified atom stereocenters. The predicted octanol–water partition coefficient (Wildman–Crippen LogP) is 1.03. The Morgan fingerprint density at radius 1 is 1.09 bits per heavy atom. The van der Waals surface area contributed by atoms with Crippen molar-refractivity contribution in [3.63, 3.8) is 0 Å². The summed E-state index contributed by atoms with van der Waals surface area (Å²) in [6.45, 7) is 0. The highest BCUT2D eigenvalue weighted by molar-refractivity contribution is 6.33. The van der Waals surface area contributed by atoms with Crippen LogP contribution in [0.15, 0.2) is 36.7 Å². The number of rotatable bonds is 0. The van der Waals surface area contributed by atoms with Gasteiger partial charge in [-0.1, -0.05) is 23.7 Å². The van der Waals surface area contributed by atoms with E-state index in [-0.39, 0.29) is 0 Å². The summed E-state index contributed by atoms with van der Waals surface area (Å²) in [5.74, 6) is 0. The van der Waals surface area contributed by atoms with E-state index in [1.807, 2.05) is 30.5 Å². The summed E-state index contributed by atoms with van der Waals surface area (Å²) < 4.78 is 0. The molecule has 1 nitrogen and oxygen atoms in total. The molecule has 0 aliphatic heterocycles. The minimum absolute atomic E-state index is 0.795. The maximum Gasteiger partial charge on any atom is 0.113 e. The molecule has 2 rings (SSSR count). The van der Waals surface area contributed by atoms with Crippen LogP contribution in [-0.2, 0) is 0 Å². The number of nitrogens with zero attached hydrogens (tertiary/aromatic N) is 1. The van der Waals surface area contributed by atoms with Crippen molar-refractivity contribution in [2.75, 3.05) is 0 Å². The number of hydrogen-bond acceptors (Lipinski definition) is 1. The Kier molecular flexibility index (Phi) is 1.39. The quantitative estimate of drug-likeness (QED) is 0.496.